The largest absolute Gasteiger partial charge is 0.391 e. The van der Waals surface area contributed by atoms with Crippen LogP contribution < -0.4 is 5.73 Å². The molecule has 0 saturated carbocycles. The number of aliphatic hydroxyl groups is 1. The second kappa shape index (κ2) is 5.58. The normalized spacial score (nSPS) is 23.9. The number of hydrogen-bond acceptors (Lipinski definition) is 4. The molecule has 1 aliphatic heterocycles. The molecule has 82 valence electrons. The number of nitrogens with two attached hydrogens (primary N) is 1. The van der Waals surface area contributed by atoms with E-state index in [1.807, 2.05) is 6.26 Å². The molecule has 3 N–H and O–H groups in total. The Morgan fingerprint density at radius 1 is 1.79 bits per heavy atom. The van der Waals surface area contributed by atoms with Crippen LogP contribution in [0.5, 0.6) is 0 Å². The zero-order chi connectivity index (χ0) is 10.6. The summed E-state index contributed by atoms with van der Waals surface area (Å²) in [7, 11) is 0. The fourth-order valence-electron chi connectivity index (χ4n) is 1.54. The number of rotatable bonds is 4. The highest BCUT2D eigenvalue weighted by molar-refractivity contribution is 7.98. The van der Waals surface area contributed by atoms with Gasteiger partial charge in [0.15, 0.2) is 0 Å². The number of carbonyl (C=O) groups excluding carboxylic acids is 1. The van der Waals surface area contributed by atoms with E-state index in [4.69, 9.17) is 5.73 Å². The van der Waals surface area contributed by atoms with Crippen LogP contribution in [0.25, 0.3) is 0 Å². The molecule has 1 rings (SSSR count). The fraction of sp³-hybridized carbons (Fsp3) is 0.889. The van der Waals surface area contributed by atoms with Gasteiger partial charge in [0, 0.05) is 13.1 Å². The molecule has 14 heavy (non-hydrogen) atoms. The van der Waals surface area contributed by atoms with Crippen LogP contribution >= 0.6 is 11.8 Å². The highest BCUT2D eigenvalue weighted by Crippen LogP contribution is 2.11. The van der Waals surface area contributed by atoms with Gasteiger partial charge < -0.3 is 15.7 Å². The highest BCUT2D eigenvalue weighted by Gasteiger charge is 2.27. The lowest BCUT2D eigenvalue weighted by Crippen LogP contribution is -2.43. The average molecular weight is 218 g/mol. The molecule has 0 aliphatic carbocycles. The summed E-state index contributed by atoms with van der Waals surface area (Å²) in [6.45, 7) is 1.10. The number of hydrogen-bond donors (Lipinski definition) is 2. The number of thioether (sulfide) groups is 1. The van der Waals surface area contributed by atoms with Gasteiger partial charge in [-0.05, 0) is 24.9 Å². The zero-order valence-corrected chi connectivity index (χ0v) is 9.30. The molecule has 1 aliphatic rings. The first-order valence-corrected chi connectivity index (χ1v) is 6.26. The van der Waals surface area contributed by atoms with Gasteiger partial charge in [0.25, 0.3) is 0 Å². The van der Waals surface area contributed by atoms with Crippen LogP contribution in [-0.4, -0.2) is 53.2 Å². The molecule has 1 saturated heterocycles. The number of likely N-dealkylation sites (tertiary alicyclic amines) is 1. The first-order valence-electron chi connectivity index (χ1n) is 4.86. The topological polar surface area (TPSA) is 66.6 Å². The van der Waals surface area contributed by atoms with E-state index in [0.29, 0.717) is 25.9 Å². The summed E-state index contributed by atoms with van der Waals surface area (Å²) in [6, 6.07) is -0.396. The molecule has 0 aromatic heterocycles. The Bertz CT molecular complexity index is 201. The third kappa shape index (κ3) is 3.15. The molecular formula is C9H18N2O2S. The van der Waals surface area contributed by atoms with Crippen molar-refractivity contribution in [3.8, 4) is 0 Å². The van der Waals surface area contributed by atoms with Gasteiger partial charge in [-0.25, -0.2) is 0 Å². The zero-order valence-electron chi connectivity index (χ0n) is 8.48. The summed E-state index contributed by atoms with van der Waals surface area (Å²) in [6.07, 6.45) is 3.04. The quantitative estimate of drug-likeness (QED) is 0.677. The van der Waals surface area contributed by atoms with Crippen molar-refractivity contribution in [2.24, 2.45) is 5.73 Å². The summed E-state index contributed by atoms with van der Waals surface area (Å²) in [5.74, 6) is 0.888. The molecule has 1 heterocycles. The fourth-order valence-corrected chi connectivity index (χ4v) is 2.03. The van der Waals surface area contributed by atoms with Crippen LogP contribution in [0.15, 0.2) is 0 Å². The Hall–Kier alpha value is -0.260. The van der Waals surface area contributed by atoms with Gasteiger partial charge in [-0.1, -0.05) is 0 Å². The van der Waals surface area contributed by atoms with E-state index in [-0.39, 0.29) is 12.0 Å². The molecule has 2 atom stereocenters. The number of β-amino-alcohol motifs (C(OH)–C–C–N with tert-alkyl or cyclic N) is 1. The molecule has 1 fully saturated rings. The van der Waals surface area contributed by atoms with Crippen LogP contribution in [0.1, 0.15) is 12.8 Å². The molecule has 4 nitrogen and oxygen atoms in total. The van der Waals surface area contributed by atoms with Gasteiger partial charge in [0.1, 0.15) is 0 Å². The van der Waals surface area contributed by atoms with Crippen molar-refractivity contribution >= 4 is 17.7 Å². The predicted molar refractivity (Wildman–Crippen MR) is 58.2 cm³/mol. The van der Waals surface area contributed by atoms with Crippen LogP contribution in [0, 0.1) is 0 Å². The van der Waals surface area contributed by atoms with Gasteiger partial charge in [-0.2, -0.15) is 11.8 Å². The van der Waals surface area contributed by atoms with Gasteiger partial charge in [-0.15, -0.1) is 0 Å². The van der Waals surface area contributed by atoms with Crippen molar-refractivity contribution in [3.63, 3.8) is 0 Å². The Balaban J connectivity index is 2.32. The summed E-state index contributed by atoms with van der Waals surface area (Å²) >= 11 is 1.69. The third-order valence-electron chi connectivity index (χ3n) is 2.43. The van der Waals surface area contributed by atoms with Crippen LogP contribution in [-0.2, 0) is 4.79 Å². The molecule has 0 unspecified atom stereocenters. The molecule has 0 spiro atoms. The molecule has 5 heteroatoms. The van der Waals surface area contributed by atoms with Crippen molar-refractivity contribution in [1.29, 1.82) is 0 Å². The lowest BCUT2D eigenvalue weighted by Gasteiger charge is -2.19. The lowest BCUT2D eigenvalue weighted by atomic mass is 10.2. The van der Waals surface area contributed by atoms with E-state index in [2.05, 4.69) is 0 Å². The van der Waals surface area contributed by atoms with Crippen molar-refractivity contribution in [1.82, 2.24) is 4.90 Å². The van der Waals surface area contributed by atoms with Gasteiger partial charge >= 0.3 is 0 Å². The summed E-state index contributed by atoms with van der Waals surface area (Å²) < 4.78 is 0. The number of amides is 1. The van der Waals surface area contributed by atoms with Gasteiger partial charge in [-0.3, -0.25) is 4.79 Å². The Morgan fingerprint density at radius 3 is 3.00 bits per heavy atom. The second-order valence-electron chi connectivity index (χ2n) is 3.61. The minimum absolute atomic E-state index is 0.0180. The van der Waals surface area contributed by atoms with Crippen molar-refractivity contribution in [2.75, 3.05) is 25.1 Å². The SMILES string of the molecule is CSCC[C@@H](N)C(=O)N1CC[C@@H](O)C1. The third-order valence-corrected chi connectivity index (χ3v) is 3.07. The maximum absolute atomic E-state index is 11.7. The number of carbonyl (C=O) groups is 1. The van der Waals surface area contributed by atoms with E-state index in [9.17, 15) is 9.90 Å². The maximum atomic E-state index is 11.7. The highest BCUT2D eigenvalue weighted by atomic mass is 32.2. The predicted octanol–water partition coefficient (Wildman–Crippen LogP) is -0.340. The summed E-state index contributed by atoms with van der Waals surface area (Å²) in [4.78, 5) is 13.3. The van der Waals surface area contributed by atoms with Gasteiger partial charge in [0.2, 0.25) is 5.91 Å². The first kappa shape index (κ1) is 11.8. The molecule has 0 bridgehead atoms. The minimum Gasteiger partial charge on any atom is -0.391 e. The molecule has 0 aromatic carbocycles. The standard InChI is InChI=1S/C9H18N2O2S/c1-14-5-3-8(10)9(13)11-4-2-7(12)6-11/h7-8,12H,2-6,10H2,1H3/t7-,8-/m1/s1. The first-order chi connectivity index (χ1) is 6.65. The Kier molecular flexibility index (Phi) is 4.71. The van der Waals surface area contributed by atoms with Crippen molar-refractivity contribution in [2.45, 2.75) is 25.0 Å². The van der Waals surface area contributed by atoms with E-state index < -0.39 is 6.04 Å². The average Bonchev–Trinajstić information content (AvgIpc) is 2.60. The van der Waals surface area contributed by atoms with Crippen LogP contribution in [0.2, 0.25) is 0 Å². The van der Waals surface area contributed by atoms with E-state index >= 15 is 0 Å². The second-order valence-corrected chi connectivity index (χ2v) is 4.60. The molecule has 0 aromatic rings. The molecular weight excluding hydrogens is 200 g/mol. The molecule has 0 radical (unpaired) electrons. The van der Waals surface area contributed by atoms with Crippen LogP contribution in [0.4, 0.5) is 0 Å². The Morgan fingerprint density at radius 2 is 2.50 bits per heavy atom. The monoisotopic (exact) mass is 218 g/mol. The molecule has 1 amide bonds. The minimum atomic E-state index is -0.396. The summed E-state index contributed by atoms with van der Waals surface area (Å²) in [5, 5.41) is 9.27. The summed E-state index contributed by atoms with van der Waals surface area (Å²) in [5.41, 5.74) is 5.74. The van der Waals surface area contributed by atoms with E-state index in [1.54, 1.807) is 16.7 Å². The van der Waals surface area contributed by atoms with Crippen LogP contribution in [0.3, 0.4) is 0 Å². The van der Waals surface area contributed by atoms with Crippen molar-refractivity contribution < 1.29 is 9.90 Å². The maximum Gasteiger partial charge on any atom is 0.239 e. The number of nitrogens with zero attached hydrogens (tertiary/aromatic N) is 1. The Labute approximate surface area is 88.8 Å². The van der Waals surface area contributed by atoms with Gasteiger partial charge in [0.05, 0.1) is 12.1 Å². The van der Waals surface area contributed by atoms with E-state index in [1.165, 1.54) is 0 Å². The van der Waals surface area contributed by atoms with Crippen molar-refractivity contribution in [3.05, 3.63) is 0 Å². The van der Waals surface area contributed by atoms with E-state index in [0.717, 1.165) is 5.75 Å². The smallest absolute Gasteiger partial charge is 0.239 e. The lowest BCUT2D eigenvalue weighted by molar-refractivity contribution is -0.131. The number of aliphatic hydroxyl groups excluding tert-OH is 1.